The number of ketones is 1. The first-order chi connectivity index (χ1) is 11.2. The number of hydrogen-bond donors (Lipinski definition) is 3. The van der Waals surface area contributed by atoms with Gasteiger partial charge >= 0.3 is 5.97 Å². The van der Waals surface area contributed by atoms with Crippen molar-refractivity contribution >= 4 is 21.9 Å². The van der Waals surface area contributed by atoms with Crippen LogP contribution in [0.15, 0.2) is 0 Å². The Bertz CT molecular complexity index is 461. The van der Waals surface area contributed by atoms with E-state index in [9.17, 15) is 18.0 Å². The topological polar surface area (TPSA) is 129 Å². The maximum atomic E-state index is 12.3. The first-order valence-electron chi connectivity index (χ1n) is 8.56. The van der Waals surface area contributed by atoms with Crippen molar-refractivity contribution in [3.63, 3.8) is 0 Å². The molecule has 24 heavy (non-hydrogen) atoms. The summed E-state index contributed by atoms with van der Waals surface area (Å²) < 4.78 is 31.2. The molecule has 0 amide bonds. The zero-order valence-corrected chi connectivity index (χ0v) is 15.1. The van der Waals surface area contributed by atoms with Crippen LogP contribution in [-0.2, 0) is 19.7 Å². The zero-order valence-electron chi connectivity index (χ0n) is 14.3. The van der Waals surface area contributed by atoms with Gasteiger partial charge in [-0.1, -0.05) is 45.4 Å². The van der Waals surface area contributed by atoms with Crippen molar-refractivity contribution in [2.45, 2.75) is 76.4 Å². The fraction of sp³-hybridized carbons (Fsp3) is 0.875. The van der Waals surface area contributed by atoms with Crippen LogP contribution in [0.2, 0.25) is 0 Å². The lowest BCUT2D eigenvalue weighted by Gasteiger charge is -2.17. The molecule has 0 aromatic rings. The Kier molecular flexibility index (Phi) is 11.9. The minimum absolute atomic E-state index is 0.0823. The molecule has 0 aliphatic heterocycles. The molecule has 0 aromatic heterocycles. The first-order valence-corrected chi connectivity index (χ1v) is 10.1. The van der Waals surface area contributed by atoms with Crippen molar-refractivity contribution < 1.29 is 32.8 Å². The van der Waals surface area contributed by atoms with Gasteiger partial charge in [-0.2, -0.15) is 8.42 Å². The molecule has 0 aliphatic rings. The minimum Gasteiger partial charge on any atom is -0.480 e. The number of carbonyl (C=O) groups excluding carboxylic acids is 1. The number of aliphatic hydroxyl groups is 1. The van der Waals surface area contributed by atoms with Gasteiger partial charge < -0.3 is 10.2 Å². The molecular weight excluding hydrogens is 336 g/mol. The van der Waals surface area contributed by atoms with Gasteiger partial charge in [0.1, 0.15) is 5.78 Å². The molecular formula is C16H30O7S. The van der Waals surface area contributed by atoms with Crippen LogP contribution in [0.3, 0.4) is 0 Å². The Labute approximate surface area is 144 Å². The number of carboxylic acids is 1. The van der Waals surface area contributed by atoms with E-state index < -0.39 is 39.5 Å². The van der Waals surface area contributed by atoms with Crippen LogP contribution >= 0.6 is 0 Å². The predicted octanol–water partition coefficient (Wildman–Crippen LogP) is 2.43. The molecule has 0 rings (SSSR count). The molecule has 0 spiro atoms. The lowest BCUT2D eigenvalue weighted by atomic mass is 9.89. The molecule has 2 atom stereocenters. The number of aliphatic carboxylic acids is 1. The lowest BCUT2D eigenvalue weighted by Crippen LogP contribution is -2.34. The minimum atomic E-state index is -4.80. The Hall–Kier alpha value is -0.990. The van der Waals surface area contributed by atoms with E-state index in [0.29, 0.717) is 25.7 Å². The molecule has 142 valence electrons. The summed E-state index contributed by atoms with van der Waals surface area (Å²) in [6.45, 7) is 2.15. The highest BCUT2D eigenvalue weighted by atomic mass is 32.2. The van der Waals surface area contributed by atoms with E-state index in [0.717, 1.165) is 32.1 Å². The van der Waals surface area contributed by atoms with E-state index in [-0.39, 0.29) is 6.61 Å². The molecule has 2 unspecified atom stereocenters. The largest absolute Gasteiger partial charge is 0.480 e. The second kappa shape index (κ2) is 12.4. The predicted molar refractivity (Wildman–Crippen MR) is 90.4 cm³/mol. The smallest absolute Gasteiger partial charge is 0.324 e. The van der Waals surface area contributed by atoms with Gasteiger partial charge in [-0.15, -0.1) is 0 Å². The highest BCUT2D eigenvalue weighted by Gasteiger charge is 2.35. The van der Waals surface area contributed by atoms with Gasteiger partial charge in [0.15, 0.2) is 5.25 Å². The Balaban J connectivity index is 4.76. The monoisotopic (exact) mass is 366 g/mol. The summed E-state index contributed by atoms with van der Waals surface area (Å²) in [6.07, 6.45) is 6.45. The van der Waals surface area contributed by atoms with Crippen LogP contribution in [0.1, 0.15) is 71.1 Å². The summed E-state index contributed by atoms with van der Waals surface area (Å²) in [4.78, 5) is 23.3. The van der Waals surface area contributed by atoms with Crippen molar-refractivity contribution in [3.8, 4) is 0 Å². The molecule has 3 N–H and O–H groups in total. The second-order valence-corrected chi connectivity index (χ2v) is 7.73. The second-order valence-electron chi connectivity index (χ2n) is 6.13. The van der Waals surface area contributed by atoms with E-state index in [2.05, 4.69) is 6.92 Å². The molecule has 0 bridgehead atoms. The van der Waals surface area contributed by atoms with E-state index in [1.165, 1.54) is 0 Å². The van der Waals surface area contributed by atoms with Gasteiger partial charge in [0.2, 0.25) is 0 Å². The van der Waals surface area contributed by atoms with Crippen LogP contribution in [0.25, 0.3) is 0 Å². The lowest BCUT2D eigenvalue weighted by molar-refractivity contribution is -0.138. The normalized spacial score (nSPS) is 14.3. The summed E-state index contributed by atoms with van der Waals surface area (Å²) in [5.41, 5.74) is 0. The Morgan fingerprint density at radius 1 is 0.958 bits per heavy atom. The highest BCUT2D eigenvalue weighted by molar-refractivity contribution is 7.87. The van der Waals surface area contributed by atoms with Crippen molar-refractivity contribution in [1.82, 2.24) is 0 Å². The molecule has 0 heterocycles. The van der Waals surface area contributed by atoms with Gasteiger partial charge in [-0.05, 0) is 19.3 Å². The molecule has 0 radical (unpaired) electrons. The van der Waals surface area contributed by atoms with Crippen molar-refractivity contribution in [2.24, 2.45) is 5.92 Å². The highest BCUT2D eigenvalue weighted by Crippen LogP contribution is 2.22. The van der Waals surface area contributed by atoms with Crippen molar-refractivity contribution in [3.05, 3.63) is 0 Å². The average molecular weight is 366 g/mol. The third-order valence-corrected chi connectivity index (χ3v) is 5.18. The van der Waals surface area contributed by atoms with E-state index in [4.69, 9.17) is 14.8 Å². The van der Waals surface area contributed by atoms with Gasteiger partial charge in [-0.3, -0.25) is 14.1 Å². The SMILES string of the molecule is CCCCCCC(CCCCCO)C(=O)CC(C(=O)O)S(=O)(=O)O. The average Bonchev–Trinajstić information content (AvgIpc) is 2.49. The van der Waals surface area contributed by atoms with Crippen molar-refractivity contribution in [1.29, 1.82) is 0 Å². The molecule has 0 saturated heterocycles. The van der Waals surface area contributed by atoms with Crippen LogP contribution < -0.4 is 0 Å². The number of carbonyl (C=O) groups is 2. The number of unbranched alkanes of at least 4 members (excludes halogenated alkanes) is 5. The number of Topliss-reactive ketones (excluding diaryl/α,β-unsaturated/α-hetero) is 1. The first kappa shape index (κ1) is 23.0. The van der Waals surface area contributed by atoms with Crippen LogP contribution in [-0.4, -0.2) is 46.8 Å². The fourth-order valence-corrected chi connectivity index (χ4v) is 3.26. The number of rotatable bonds is 15. The maximum Gasteiger partial charge on any atom is 0.324 e. The zero-order chi connectivity index (χ0) is 18.6. The Morgan fingerprint density at radius 3 is 1.92 bits per heavy atom. The summed E-state index contributed by atoms with van der Waals surface area (Å²) in [7, 11) is -4.80. The summed E-state index contributed by atoms with van der Waals surface area (Å²) >= 11 is 0. The van der Waals surface area contributed by atoms with Gasteiger partial charge in [0.05, 0.1) is 0 Å². The molecule has 0 aromatic carbocycles. The third-order valence-electron chi connectivity index (χ3n) is 4.09. The van der Waals surface area contributed by atoms with Gasteiger partial charge in [0.25, 0.3) is 10.1 Å². The van der Waals surface area contributed by atoms with E-state index in [1.54, 1.807) is 0 Å². The molecule has 0 fully saturated rings. The Morgan fingerprint density at radius 2 is 1.50 bits per heavy atom. The standard InChI is InChI=1S/C16H30O7S/c1-2-3-4-6-9-13(10-7-5-8-11-17)14(18)12-15(16(19)20)24(21,22)23/h13,15,17H,2-12H2,1H3,(H,19,20)(H,21,22,23). The van der Waals surface area contributed by atoms with Gasteiger partial charge in [0, 0.05) is 18.9 Å². The molecule has 0 aliphatic carbocycles. The third kappa shape index (κ3) is 10.00. The van der Waals surface area contributed by atoms with E-state index in [1.807, 2.05) is 0 Å². The molecule has 0 saturated carbocycles. The number of aliphatic hydroxyl groups excluding tert-OH is 1. The van der Waals surface area contributed by atoms with Crippen LogP contribution in [0, 0.1) is 5.92 Å². The maximum absolute atomic E-state index is 12.3. The summed E-state index contributed by atoms with van der Waals surface area (Å²) in [5.74, 6) is -2.54. The molecule has 8 heteroatoms. The quantitative estimate of drug-likeness (QED) is 0.300. The summed E-state index contributed by atoms with van der Waals surface area (Å²) in [5, 5.41) is 15.6. The van der Waals surface area contributed by atoms with Gasteiger partial charge in [-0.25, -0.2) is 0 Å². The summed E-state index contributed by atoms with van der Waals surface area (Å²) in [6, 6.07) is 0. The molecule has 7 nitrogen and oxygen atoms in total. The van der Waals surface area contributed by atoms with Crippen LogP contribution in [0.5, 0.6) is 0 Å². The fourth-order valence-electron chi connectivity index (χ4n) is 2.63. The number of carboxylic acid groups (broad SMARTS) is 1. The van der Waals surface area contributed by atoms with E-state index >= 15 is 0 Å². The van der Waals surface area contributed by atoms with Crippen LogP contribution in [0.4, 0.5) is 0 Å². The number of hydrogen-bond acceptors (Lipinski definition) is 5. The van der Waals surface area contributed by atoms with Crippen molar-refractivity contribution in [2.75, 3.05) is 6.61 Å².